The van der Waals surface area contributed by atoms with Crippen molar-refractivity contribution in [2.24, 2.45) is 0 Å². The highest BCUT2D eigenvalue weighted by atomic mass is 79.9. The largest absolute Gasteiger partial charge is 0.480 e. The van der Waals surface area contributed by atoms with E-state index in [2.05, 4.69) is 21.0 Å². The van der Waals surface area contributed by atoms with E-state index in [1.165, 1.54) is 4.68 Å². The molecule has 1 aromatic heterocycles. The lowest BCUT2D eigenvalue weighted by atomic mass is 10.3. The normalized spacial score (nSPS) is 12.9. The van der Waals surface area contributed by atoms with Crippen LogP contribution in [0.2, 0.25) is 0 Å². The van der Waals surface area contributed by atoms with E-state index in [9.17, 15) is 4.79 Å². The number of aryl methyl sites for hydroxylation is 1. The molecule has 0 amide bonds. The first-order valence-corrected chi connectivity index (χ1v) is 4.68. The van der Waals surface area contributed by atoms with Crippen LogP contribution >= 0.6 is 15.9 Å². The predicted octanol–water partition coefficient (Wildman–Crippen LogP) is 1.91. The number of halogens is 1. The summed E-state index contributed by atoms with van der Waals surface area (Å²) in [4.78, 5) is 10.7. The molecule has 0 bridgehead atoms. The van der Waals surface area contributed by atoms with E-state index in [0.29, 0.717) is 0 Å². The third-order valence-corrected chi connectivity index (χ3v) is 3.11. The average Bonchev–Trinajstić information content (AvgIpc) is 2.31. The molecule has 5 heteroatoms. The lowest BCUT2D eigenvalue weighted by molar-refractivity contribution is -0.140. The molecule has 0 aliphatic heterocycles. The third kappa shape index (κ3) is 1.75. The summed E-state index contributed by atoms with van der Waals surface area (Å²) < 4.78 is 2.38. The Hall–Kier alpha value is -0.840. The van der Waals surface area contributed by atoms with Crippen molar-refractivity contribution in [3.8, 4) is 0 Å². The number of rotatable bonds is 2. The molecule has 4 nitrogen and oxygen atoms in total. The van der Waals surface area contributed by atoms with Crippen molar-refractivity contribution in [2.75, 3.05) is 0 Å². The number of aliphatic carboxylic acids is 1. The monoisotopic (exact) mass is 246 g/mol. The maximum Gasteiger partial charge on any atom is 0.328 e. The van der Waals surface area contributed by atoms with Crippen LogP contribution in [0.25, 0.3) is 0 Å². The zero-order valence-electron chi connectivity index (χ0n) is 7.71. The van der Waals surface area contributed by atoms with E-state index in [-0.39, 0.29) is 0 Å². The average molecular weight is 247 g/mol. The Kier molecular flexibility index (Phi) is 2.75. The van der Waals surface area contributed by atoms with E-state index in [0.717, 1.165) is 15.9 Å². The molecule has 1 rings (SSSR count). The molecule has 0 fully saturated rings. The van der Waals surface area contributed by atoms with E-state index < -0.39 is 12.0 Å². The molecule has 1 unspecified atom stereocenters. The Bertz CT molecular complexity index is 346. The van der Waals surface area contributed by atoms with Crippen molar-refractivity contribution in [1.29, 1.82) is 0 Å². The molecule has 1 N–H and O–H groups in total. The minimum Gasteiger partial charge on any atom is -0.480 e. The Morgan fingerprint density at radius 2 is 2.15 bits per heavy atom. The summed E-state index contributed by atoms with van der Waals surface area (Å²) in [5.74, 6) is -0.877. The highest BCUT2D eigenvalue weighted by molar-refractivity contribution is 9.10. The van der Waals surface area contributed by atoms with E-state index in [4.69, 9.17) is 5.11 Å². The van der Waals surface area contributed by atoms with Gasteiger partial charge >= 0.3 is 5.97 Å². The molecule has 0 spiro atoms. The molecule has 0 saturated carbocycles. The van der Waals surface area contributed by atoms with Gasteiger partial charge in [0.15, 0.2) is 0 Å². The van der Waals surface area contributed by atoms with Crippen molar-refractivity contribution >= 4 is 21.9 Å². The van der Waals surface area contributed by atoms with Crippen LogP contribution in [0.5, 0.6) is 0 Å². The van der Waals surface area contributed by atoms with Gasteiger partial charge in [-0.05, 0) is 36.7 Å². The topological polar surface area (TPSA) is 55.1 Å². The molecule has 0 aromatic carbocycles. The van der Waals surface area contributed by atoms with Crippen molar-refractivity contribution in [2.45, 2.75) is 26.8 Å². The molecular formula is C8H11BrN2O2. The third-order valence-electron chi connectivity index (χ3n) is 1.96. The van der Waals surface area contributed by atoms with Gasteiger partial charge in [0.05, 0.1) is 15.9 Å². The SMILES string of the molecule is Cc1nn(C(C)C(=O)O)c(C)c1Br. The van der Waals surface area contributed by atoms with Gasteiger partial charge in [-0.1, -0.05) is 0 Å². The highest BCUT2D eigenvalue weighted by Gasteiger charge is 2.18. The molecule has 0 aliphatic carbocycles. The molecule has 0 radical (unpaired) electrons. The van der Waals surface area contributed by atoms with Crippen LogP contribution in [-0.2, 0) is 4.79 Å². The number of aromatic nitrogens is 2. The zero-order chi connectivity index (χ0) is 10.2. The molecular weight excluding hydrogens is 236 g/mol. The first kappa shape index (κ1) is 10.2. The summed E-state index contributed by atoms with van der Waals surface area (Å²) in [6.45, 7) is 5.28. The fourth-order valence-corrected chi connectivity index (χ4v) is 1.39. The van der Waals surface area contributed by atoms with Crippen LogP contribution in [0, 0.1) is 13.8 Å². The number of carboxylic acids is 1. The maximum atomic E-state index is 10.7. The summed E-state index contributed by atoms with van der Waals surface area (Å²) in [5.41, 5.74) is 1.65. The first-order valence-electron chi connectivity index (χ1n) is 3.89. The number of nitrogens with zero attached hydrogens (tertiary/aromatic N) is 2. The maximum absolute atomic E-state index is 10.7. The quantitative estimate of drug-likeness (QED) is 0.868. The minimum atomic E-state index is -0.877. The molecule has 0 saturated heterocycles. The van der Waals surface area contributed by atoms with Gasteiger partial charge in [0.1, 0.15) is 6.04 Å². The predicted molar refractivity (Wildman–Crippen MR) is 51.7 cm³/mol. The van der Waals surface area contributed by atoms with Gasteiger partial charge in [-0.15, -0.1) is 0 Å². The van der Waals surface area contributed by atoms with Crippen LogP contribution in [0.1, 0.15) is 24.4 Å². The Balaban J connectivity index is 3.15. The Labute approximate surface area is 84.7 Å². The van der Waals surface area contributed by atoms with Crippen LogP contribution in [-0.4, -0.2) is 20.9 Å². The molecule has 72 valence electrons. The smallest absolute Gasteiger partial charge is 0.328 e. The lowest BCUT2D eigenvalue weighted by Gasteiger charge is -2.08. The fourth-order valence-electron chi connectivity index (χ4n) is 1.12. The van der Waals surface area contributed by atoms with Crippen molar-refractivity contribution in [3.63, 3.8) is 0 Å². The van der Waals surface area contributed by atoms with Crippen molar-refractivity contribution in [3.05, 3.63) is 15.9 Å². The van der Waals surface area contributed by atoms with Gasteiger partial charge in [-0.25, -0.2) is 4.79 Å². The second kappa shape index (κ2) is 3.49. The molecule has 1 atom stereocenters. The van der Waals surface area contributed by atoms with Crippen LogP contribution in [0.3, 0.4) is 0 Å². The number of carbonyl (C=O) groups is 1. The van der Waals surface area contributed by atoms with Gasteiger partial charge in [0, 0.05) is 0 Å². The Morgan fingerprint density at radius 1 is 1.62 bits per heavy atom. The molecule has 1 heterocycles. The van der Waals surface area contributed by atoms with Gasteiger partial charge in [-0.2, -0.15) is 5.10 Å². The van der Waals surface area contributed by atoms with E-state index in [1.807, 2.05) is 13.8 Å². The van der Waals surface area contributed by atoms with Gasteiger partial charge in [-0.3, -0.25) is 4.68 Å². The summed E-state index contributed by atoms with van der Waals surface area (Å²) in [7, 11) is 0. The molecule has 13 heavy (non-hydrogen) atoms. The number of carboxylic acid groups (broad SMARTS) is 1. The minimum absolute atomic E-state index is 0.620. The van der Waals surface area contributed by atoms with Crippen molar-refractivity contribution < 1.29 is 9.90 Å². The zero-order valence-corrected chi connectivity index (χ0v) is 9.29. The van der Waals surface area contributed by atoms with E-state index in [1.54, 1.807) is 6.92 Å². The summed E-state index contributed by atoms with van der Waals surface area (Å²) in [5, 5.41) is 12.9. The van der Waals surface area contributed by atoms with Gasteiger partial charge < -0.3 is 5.11 Å². The summed E-state index contributed by atoms with van der Waals surface area (Å²) in [6, 6.07) is -0.620. The second-order valence-corrected chi connectivity index (χ2v) is 3.74. The summed E-state index contributed by atoms with van der Waals surface area (Å²) in [6.07, 6.45) is 0. The standard InChI is InChI=1S/C8H11BrN2O2/c1-4-7(9)5(2)11(10-4)6(3)8(12)13/h6H,1-3H3,(H,12,13). The van der Waals surface area contributed by atoms with Crippen molar-refractivity contribution in [1.82, 2.24) is 9.78 Å². The Morgan fingerprint density at radius 3 is 2.46 bits per heavy atom. The lowest BCUT2D eigenvalue weighted by Crippen LogP contribution is -2.17. The number of hydrogen-bond donors (Lipinski definition) is 1. The van der Waals surface area contributed by atoms with Gasteiger partial charge in [0.2, 0.25) is 0 Å². The second-order valence-electron chi connectivity index (χ2n) is 2.94. The van der Waals surface area contributed by atoms with Crippen LogP contribution in [0.15, 0.2) is 4.47 Å². The van der Waals surface area contributed by atoms with Crippen LogP contribution in [0.4, 0.5) is 0 Å². The van der Waals surface area contributed by atoms with E-state index >= 15 is 0 Å². The highest BCUT2D eigenvalue weighted by Crippen LogP contribution is 2.22. The summed E-state index contributed by atoms with van der Waals surface area (Å²) >= 11 is 3.34. The first-order chi connectivity index (χ1) is 5.95. The fraction of sp³-hybridized carbons (Fsp3) is 0.500. The van der Waals surface area contributed by atoms with Crippen LogP contribution < -0.4 is 0 Å². The number of hydrogen-bond acceptors (Lipinski definition) is 2. The van der Waals surface area contributed by atoms with Gasteiger partial charge in [0.25, 0.3) is 0 Å². The molecule has 1 aromatic rings. The molecule has 0 aliphatic rings.